The molecular formula is C13H16N6. The van der Waals surface area contributed by atoms with Crippen LogP contribution in [0.25, 0.3) is 11.0 Å². The number of nitrogens with zero attached hydrogens (tertiary/aromatic N) is 3. The number of H-pyrrole nitrogens is 1. The number of aryl methyl sites for hydroxylation is 1. The van der Waals surface area contributed by atoms with Crippen LogP contribution in [0, 0.1) is 0 Å². The fourth-order valence-corrected chi connectivity index (χ4v) is 2.26. The number of nitrogens with two attached hydrogens (primary N) is 1. The molecule has 1 atom stereocenters. The normalized spacial score (nSPS) is 12.9. The maximum Gasteiger partial charge on any atom is 0.125 e. The second kappa shape index (κ2) is 4.83. The summed E-state index contributed by atoms with van der Waals surface area (Å²) in [4.78, 5) is 11.9. The minimum Gasteiger partial charge on any atom is -0.347 e. The Morgan fingerprint density at radius 2 is 2.26 bits per heavy atom. The number of hydrogen-bond acceptors (Lipinski definition) is 4. The third-order valence-electron chi connectivity index (χ3n) is 3.32. The van der Waals surface area contributed by atoms with Gasteiger partial charge in [0.25, 0.3) is 0 Å². The Balaban J connectivity index is 1.94. The SMILES string of the molecule is Cn1c(CC(NN)c2ncc[nH]2)nc2ccccc21. The Kier molecular flexibility index (Phi) is 3.02. The Morgan fingerprint density at radius 1 is 1.42 bits per heavy atom. The highest BCUT2D eigenvalue weighted by molar-refractivity contribution is 5.75. The molecule has 0 radical (unpaired) electrons. The van der Waals surface area contributed by atoms with Gasteiger partial charge in [0.2, 0.25) is 0 Å². The first-order valence-electron chi connectivity index (χ1n) is 6.15. The summed E-state index contributed by atoms with van der Waals surface area (Å²) in [5.74, 6) is 7.40. The number of imidazole rings is 2. The van der Waals surface area contributed by atoms with Crippen LogP contribution in [0.1, 0.15) is 17.7 Å². The molecule has 4 N–H and O–H groups in total. The molecule has 0 bridgehead atoms. The van der Waals surface area contributed by atoms with Crippen molar-refractivity contribution in [1.82, 2.24) is 24.9 Å². The van der Waals surface area contributed by atoms with Gasteiger partial charge in [-0.1, -0.05) is 12.1 Å². The molecule has 19 heavy (non-hydrogen) atoms. The number of hydrogen-bond donors (Lipinski definition) is 3. The topological polar surface area (TPSA) is 84.5 Å². The van der Waals surface area contributed by atoms with Gasteiger partial charge >= 0.3 is 0 Å². The van der Waals surface area contributed by atoms with Crippen molar-refractivity contribution in [2.24, 2.45) is 12.9 Å². The molecule has 6 nitrogen and oxygen atoms in total. The highest BCUT2D eigenvalue weighted by Gasteiger charge is 2.16. The van der Waals surface area contributed by atoms with Crippen LogP contribution in [-0.4, -0.2) is 19.5 Å². The van der Waals surface area contributed by atoms with Gasteiger partial charge in [-0.25, -0.2) is 15.4 Å². The van der Waals surface area contributed by atoms with E-state index in [9.17, 15) is 0 Å². The average Bonchev–Trinajstić information content (AvgIpc) is 3.06. The monoisotopic (exact) mass is 256 g/mol. The van der Waals surface area contributed by atoms with E-state index in [0.29, 0.717) is 6.42 Å². The molecule has 3 aromatic rings. The van der Waals surface area contributed by atoms with E-state index in [1.807, 2.05) is 25.2 Å². The maximum absolute atomic E-state index is 5.61. The van der Waals surface area contributed by atoms with E-state index in [-0.39, 0.29) is 6.04 Å². The summed E-state index contributed by atoms with van der Waals surface area (Å²) in [7, 11) is 2.01. The van der Waals surface area contributed by atoms with Crippen molar-refractivity contribution in [2.45, 2.75) is 12.5 Å². The van der Waals surface area contributed by atoms with E-state index < -0.39 is 0 Å². The van der Waals surface area contributed by atoms with Crippen LogP contribution >= 0.6 is 0 Å². The molecule has 0 aliphatic rings. The smallest absolute Gasteiger partial charge is 0.125 e. The summed E-state index contributed by atoms with van der Waals surface area (Å²) < 4.78 is 2.09. The first-order chi connectivity index (χ1) is 9.29. The van der Waals surface area contributed by atoms with Gasteiger partial charge in [-0.3, -0.25) is 5.84 Å². The summed E-state index contributed by atoms with van der Waals surface area (Å²) in [5.41, 5.74) is 4.89. The second-order valence-corrected chi connectivity index (χ2v) is 4.47. The lowest BCUT2D eigenvalue weighted by molar-refractivity contribution is 0.510. The third-order valence-corrected chi connectivity index (χ3v) is 3.32. The van der Waals surface area contributed by atoms with Crippen LogP contribution in [0.15, 0.2) is 36.7 Å². The Labute approximate surface area is 110 Å². The van der Waals surface area contributed by atoms with Crippen molar-refractivity contribution in [2.75, 3.05) is 0 Å². The summed E-state index contributed by atoms with van der Waals surface area (Å²) >= 11 is 0. The van der Waals surface area contributed by atoms with Crippen molar-refractivity contribution in [3.05, 3.63) is 48.3 Å². The maximum atomic E-state index is 5.61. The molecule has 0 amide bonds. The van der Waals surface area contributed by atoms with Crippen LogP contribution in [0.3, 0.4) is 0 Å². The second-order valence-electron chi connectivity index (χ2n) is 4.47. The van der Waals surface area contributed by atoms with Crippen molar-refractivity contribution < 1.29 is 0 Å². The Bertz CT molecular complexity index is 670. The van der Waals surface area contributed by atoms with Gasteiger partial charge in [-0.15, -0.1) is 0 Å². The van der Waals surface area contributed by atoms with Crippen molar-refractivity contribution in [1.29, 1.82) is 0 Å². The molecule has 3 rings (SSSR count). The lowest BCUT2D eigenvalue weighted by atomic mass is 10.2. The Hall–Kier alpha value is -2.18. The Morgan fingerprint density at radius 3 is 2.95 bits per heavy atom. The molecular weight excluding hydrogens is 240 g/mol. The predicted molar refractivity (Wildman–Crippen MR) is 73.1 cm³/mol. The van der Waals surface area contributed by atoms with Crippen LogP contribution in [-0.2, 0) is 13.5 Å². The highest BCUT2D eigenvalue weighted by atomic mass is 15.3. The number of aromatic nitrogens is 4. The van der Waals surface area contributed by atoms with Gasteiger partial charge in [0, 0.05) is 25.9 Å². The van der Waals surface area contributed by atoms with E-state index in [1.54, 1.807) is 12.4 Å². The van der Waals surface area contributed by atoms with E-state index >= 15 is 0 Å². The molecule has 1 aromatic carbocycles. The number of hydrazine groups is 1. The summed E-state index contributed by atoms with van der Waals surface area (Å²) in [5, 5.41) is 0. The van der Waals surface area contributed by atoms with E-state index in [0.717, 1.165) is 22.7 Å². The summed E-state index contributed by atoms with van der Waals surface area (Å²) in [6.45, 7) is 0. The molecule has 6 heteroatoms. The minimum absolute atomic E-state index is 0.0782. The van der Waals surface area contributed by atoms with E-state index in [2.05, 4.69) is 31.0 Å². The first kappa shape index (κ1) is 11.9. The van der Waals surface area contributed by atoms with E-state index in [4.69, 9.17) is 5.84 Å². The number of aromatic amines is 1. The molecule has 2 heterocycles. The molecule has 0 saturated carbocycles. The van der Waals surface area contributed by atoms with Crippen molar-refractivity contribution >= 4 is 11.0 Å². The quantitative estimate of drug-likeness (QED) is 0.481. The zero-order valence-electron chi connectivity index (χ0n) is 10.7. The lowest BCUT2D eigenvalue weighted by Gasteiger charge is -2.13. The van der Waals surface area contributed by atoms with Gasteiger partial charge in [0.15, 0.2) is 0 Å². The fourth-order valence-electron chi connectivity index (χ4n) is 2.26. The van der Waals surface area contributed by atoms with Crippen LogP contribution in [0.4, 0.5) is 0 Å². The molecule has 1 unspecified atom stereocenters. The first-order valence-corrected chi connectivity index (χ1v) is 6.15. The van der Waals surface area contributed by atoms with Gasteiger partial charge in [-0.05, 0) is 12.1 Å². The fraction of sp³-hybridized carbons (Fsp3) is 0.231. The van der Waals surface area contributed by atoms with E-state index in [1.165, 1.54) is 0 Å². The van der Waals surface area contributed by atoms with Gasteiger partial charge in [-0.2, -0.15) is 0 Å². The number of rotatable bonds is 4. The largest absolute Gasteiger partial charge is 0.347 e. The number of fused-ring (bicyclic) bond motifs is 1. The number of benzene rings is 1. The third kappa shape index (κ3) is 2.11. The molecule has 0 spiro atoms. The van der Waals surface area contributed by atoms with Gasteiger partial charge in [0.1, 0.15) is 11.6 Å². The summed E-state index contributed by atoms with van der Waals surface area (Å²) in [6, 6.07) is 7.99. The summed E-state index contributed by atoms with van der Waals surface area (Å²) in [6.07, 6.45) is 4.18. The standard InChI is InChI=1S/C13H16N6/c1-19-11-5-3-2-4-9(11)17-12(19)8-10(18-14)13-15-6-7-16-13/h2-7,10,18H,8,14H2,1H3,(H,15,16). The van der Waals surface area contributed by atoms with Gasteiger partial charge in [0.05, 0.1) is 17.1 Å². The minimum atomic E-state index is -0.0782. The zero-order chi connectivity index (χ0) is 13.2. The van der Waals surface area contributed by atoms with Crippen molar-refractivity contribution in [3.8, 4) is 0 Å². The van der Waals surface area contributed by atoms with Crippen molar-refractivity contribution in [3.63, 3.8) is 0 Å². The predicted octanol–water partition coefficient (Wildman–Crippen LogP) is 1.04. The van der Waals surface area contributed by atoms with Crippen LogP contribution in [0.5, 0.6) is 0 Å². The van der Waals surface area contributed by atoms with Crippen LogP contribution in [0.2, 0.25) is 0 Å². The number of nitrogens with one attached hydrogen (secondary N) is 2. The molecule has 2 aromatic heterocycles. The molecule has 0 aliphatic heterocycles. The van der Waals surface area contributed by atoms with Crippen LogP contribution < -0.4 is 11.3 Å². The lowest BCUT2D eigenvalue weighted by Crippen LogP contribution is -2.31. The number of para-hydroxylation sites is 2. The average molecular weight is 256 g/mol. The molecule has 0 saturated heterocycles. The van der Waals surface area contributed by atoms with Gasteiger partial charge < -0.3 is 9.55 Å². The zero-order valence-corrected chi connectivity index (χ0v) is 10.7. The highest BCUT2D eigenvalue weighted by Crippen LogP contribution is 2.18. The molecule has 0 fully saturated rings. The molecule has 98 valence electrons. The molecule has 0 aliphatic carbocycles.